The topological polar surface area (TPSA) is 75.7 Å². The zero-order valence-electron chi connectivity index (χ0n) is 16.6. The fourth-order valence-corrected chi connectivity index (χ4v) is 5.33. The molecular formula is C21H24Cl2N2O4S. The van der Waals surface area contributed by atoms with Gasteiger partial charge < -0.3 is 10.1 Å². The molecular weight excluding hydrogens is 447 g/mol. The van der Waals surface area contributed by atoms with Crippen molar-refractivity contribution in [3.8, 4) is 5.75 Å². The van der Waals surface area contributed by atoms with Crippen molar-refractivity contribution in [2.75, 3.05) is 25.0 Å². The van der Waals surface area contributed by atoms with E-state index in [1.807, 2.05) is 13.0 Å². The minimum atomic E-state index is -3.59. The number of nitrogens with zero attached hydrogens (tertiary/aromatic N) is 1. The summed E-state index contributed by atoms with van der Waals surface area (Å²) in [6.07, 6.45) is 1.26. The first-order chi connectivity index (χ1) is 14.3. The molecule has 0 saturated carbocycles. The summed E-state index contributed by atoms with van der Waals surface area (Å²) in [7, 11) is -3.59. The third-order valence-electron chi connectivity index (χ3n) is 4.89. The molecule has 1 N–H and O–H groups in total. The van der Waals surface area contributed by atoms with Crippen LogP contribution in [0.5, 0.6) is 5.75 Å². The molecule has 1 heterocycles. The number of rotatable bonds is 7. The van der Waals surface area contributed by atoms with Crippen LogP contribution in [0.1, 0.15) is 25.3 Å². The number of piperidine rings is 1. The van der Waals surface area contributed by atoms with E-state index in [2.05, 4.69) is 5.32 Å². The molecule has 1 amide bonds. The Labute approximate surface area is 187 Å². The molecule has 1 aliphatic rings. The molecule has 0 spiro atoms. The first-order valence-corrected chi connectivity index (χ1v) is 12.1. The first kappa shape index (κ1) is 22.9. The largest absolute Gasteiger partial charge is 0.494 e. The van der Waals surface area contributed by atoms with E-state index in [1.54, 1.807) is 36.4 Å². The number of sulfonamides is 1. The van der Waals surface area contributed by atoms with Gasteiger partial charge in [-0.25, -0.2) is 12.7 Å². The van der Waals surface area contributed by atoms with Crippen molar-refractivity contribution in [3.05, 3.63) is 58.1 Å². The van der Waals surface area contributed by atoms with Crippen molar-refractivity contribution >= 4 is 44.8 Å². The minimum absolute atomic E-state index is 0.153. The highest BCUT2D eigenvalue weighted by Crippen LogP contribution is 2.27. The van der Waals surface area contributed by atoms with Crippen molar-refractivity contribution in [2.45, 2.75) is 25.5 Å². The van der Waals surface area contributed by atoms with Crippen molar-refractivity contribution in [1.82, 2.24) is 4.31 Å². The lowest BCUT2D eigenvalue weighted by atomic mass is 9.98. The Morgan fingerprint density at radius 3 is 2.73 bits per heavy atom. The predicted octanol–water partition coefficient (Wildman–Crippen LogP) is 4.57. The van der Waals surface area contributed by atoms with Gasteiger partial charge >= 0.3 is 0 Å². The average molecular weight is 471 g/mol. The zero-order valence-corrected chi connectivity index (χ0v) is 18.9. The standard InChI is InChI=1S/C21H24Cl2N2O4S/c1-2-29-18-7-3-6-17(12-18)24-21(26)16-5-4-10-25(13-16)30(27,28)14-15-8-9-19(22)20(23)11-15/h3,6-9,11-12,16H,2,4-5,10,13-14H2,1H3,(H,24,26). The molecule has 0 aliphatic carbocycles. The van der Waals surface area contributed by atoms with Crippen LogP contribution in [0.3, 0.4) is 0 Å². The summed E-state index contributed by atoms with van der Waals surface area (Å²) in [5.74, 6) is -0.129. The van der Waals surface area contributed by atoms with Gasteiger partial charge in [-0.05, 0) is 49.6 Å². The van der Waals surface area contributed by atoms with Crippen molar-refractivity contribution in [1.29, 1.82) is 0 Å². The van der Waals surface area contributed by atoms with Crippen LogP contribution >= 0.6 is 23.2 Å². The van der Waals surface area contributed by atoms with E-state index in [9.17, 15) is 13.2 Å². The van der Waals surface area contributed by atoms with Crippen LogP contribution in [0.15, 0.2) is 42.5 Å². The van der Waals surface area contributed by atoms with E-state index in [-0.39, 0.29) is 18.2 Å². The second kappa shape index (κ2) is 10.0. The van der Waals surface area contributed by atoms with E-state index in [1.165, 1.54) is 4.31 Å². The van der Waals surface area contributed by atoms with Crippen molar-refractivity contribution in [3.63, 3.8) is 0 Å². The minimum Gasteiger partial charge on any atom is -0.494 e. The van der Waals surface area contributed by atoms with Crippen LogP contribution in [0, 0.1) is 5.92 Å². The maximum atomic E-state index is 12.9. The first-order valence-electron chi connectivity index (χ1n) is 9.74. The molecule has 2 aromatic carbocycles. The monoisotopic (exact) mass is 470 g/mol. The van der Waals surface area contributed by atoms with Crippen molar-refractivity contribution in [2.24, 2.45) is 5.92 Å². The molecule has 0 bridgehead atoms. The molecule has 1 aliphatic heterocycles. The maximum Gasteiger partial charge on any atom is 0.228 e. The Kier molecular flexibility index (Phi) is 7.63. The molecule has 1 atom stereocenters. The van der Waals surface area contributed by atoms with E-state index in [4.69, 9.17) is 27.9 Å². The highest BCUT2D eigenvalue weighted by molar-refractivity contribution is 7.88. The lowest BCUT2D eigenvalue weighted by Crippen LogP contribution is -2.44. The molecule has 1 saturated heterocycles. The summed E-state index contributed by atoms with van der Waals surface area (Å²) < 4.78 is 32.6. The number of ether oxygens (including phenoxy) is 1. The average Bonchev–Trinajstić information content (AvgIpc) is 2.71. The summed E-state index contributed by atoms with van der Waals surface area (Å²) in [6.45, 7) is 2.97. The highest BCUT2D eigenvalue weighted by atomic mass is 35.5. The number of anilines is 1. The molecule has 1 fully saturated rings. The number of amides is 1. The molecule has 30 heavy (non-hydrogen) atoms. The van der Waals surface area contributed by atoms with Gasteiger partial charge in [0.1, 0.15) is 5.75 Å². The van der Waals surface area contributed by atoms with Crippen LogP contribution in [0.25, 0.3) is 0 Å². The zero-order chi connectivity index (χ0) is 21.7. The fourth-order valence-electron chi connectivity index (χ4n) is 3.42. The number of halogens is 2. The Balaban J connectivity index is 1.65. The van der Waals surface area contributed by atoms with Gasteiger partial charge in [0, 0.05) is 24.8 Å². The molecule has 0 radical (unpaired) electrons. The Bertz CT molecular complexity index is 1010. The van der Waals surface area contributed by atoms with Crippen LogP contribution in [-0.4, -0.2) is 38.3 Å². The summed E-state index contributed by atoms with van der Waals surface area (Å²) in [5, 5.41) is 3.56. The van der Waals surface area contributed by atoms with Gasteiger partial charge in [0.25, 0.3) is 0 Å². The summed E-state index contributed by atoms with van der Waals surface area (Å²) in [4.78, 5) is 12.7. The summed E-state index contributed by atoms with van der Waals surface area (Å²) >= 11 is 11.9. The van der Waals surface area contributed by atoms with Gasteiger partial charge in [-0.15, -0.1) is 0 Å². The molecule has 2 aromatic rings. The summed E-state index contributed by atoms with van der Waals surface area (Å²) in [6, 6.07) is 11.9. The molecule has 162 valence electrons. The Morgan fingerprint density at radius 1 is 1.20 bits per heavy atom. The van der Waals surface area contributed by atoms with E-state index >= 15 is 0 Å². The number of carbonyl (C=O) groups is 1. The van der Waals surface area contributed by atoms with E-state index < -0.39 is 15.9 Å². The molecule has 6 nitrogen and oxygen atoms in total. The quantitative estimate of drug-likeness (QED) is 0.642. The Morgan fingerprint density at radius 2 is 2.00 bits per heavy atom. The van der Waals surface area contributed by atoms with Gasteiger partial charge in [-0.2, -0.15) is 0 Å². The number of nitrogens with one attached hydrogen (secondary N) is 1. The number of benzene rings is 2. The van der Waals surface area contributed by atoms with Gasteiger partial charge in [0.05, 0.1) is 28.3 Å². The van der Waals surface area contributed by atoms with Gasteiger partial charge in [-0.1, -0.05) is 35.3 Å². The van der Waals surface area contributed by atoms with Crippen LogP contribution < -0.4 is 10.1 Å². The van der Waals surface area contributed by atoms with E-state index in [0.717, 1.165) is 0 Å². The number of carbonyl (C=O) groups excluding carboxylic acids is 1. The summed E-state index contributed by atoms with van der Waals surface area (Å²) in [5.41, 5.74) is 1.19. The van der Waals surface area contributed by atoms with Gasteiger partial charge in [-0.3, -0.25) is 4.79 Å². The normalized spacial score (nSPS) is 17.5. The van der Waals surface area contributed by atoms with Crippen molar-refractivity contribution < 1.29 is 17.9 Å². The molecule has 9 heteroatoms. The second-order valence-corrected chi connectivity index (χ2v) is 9.94. The van der Waals surface area contributed by atoms with Crippen LogP contribution in [-0.2, 0) is 20.6 Å². The van der Waals surface area contributed by atoms with Crippen LogP contribution in [0.4, 0.5) is 5.69 Å². The van der Waals surface area contributed by atoms with Crippen LogP contribution in [0.2, 0.25) is 10.0 Å². The highest BCUT2D eigenvalue weighted by Gasteiger charge is 2.32. The van der Waals surface area contributed by atoms with Gasteiger partial charge in [0.15, 0.2) is 0 Å². The molecule has 1 unspecified atom stereocenters. The lowest BCUT2D eigenvalue weighted by Gasteiger charge is -2.31. The molecule has 3 rings (SSSR count). The third kappa shape index (κ3) is 5.88. The second-order valence-electron chi connectivity index (χ2n) is 7.15. The SMILES string of the molecule is CCOc1cccc(NC(=O)C2CCCN(S(=O)(=O)Cc3ccc(Cl)c(Cl)c3)C2)c1. The fraction of sp³-hybridized carbons (Fsp3) is 0.381. The lowest BCUT2D eigenvalue weighted by molar-refractivity contribution is -0.120. The number of hydrogen-bond acceptors (Lipinski definition) is 4. The molecule has 0 aromatic heterocycles. The third-order valence-corrected chi connectivity index (χ3v) is 7.45. The smallest absolute Gasteiger partial charge is 0.228 e. The Hall–Kier alpha value is -1.80. The maximum absolute atomic E-state index is 12.9. The van der Waals surface area contributed by atoms with Gasteiger partial charge in [0.2, 0.25) is 15.9 Å². The predicted molar refractivity (Wildman–Crippen MR) is 120 cm³/mol. The number of hydrogen-bond donors (Lipinski definition) is 1. The van der Waals surface area contributed by atoms with E-state index in [0.29, 0.717) is 53.0 Å².